The molecule has 1 N–H and O–H groups in total. The predicted molar refractivity (Wildman–Crippen MR) is 69.7 cm³/mol. The molecular weight excluding hydrogens is 246 g/mol. The molecule has 0 saturated heterocycles. The third-order valence-corrected chi connectivity index (χ3v) is 2.92. The van der Waals surface area contributed by atoms with E-state index in [9.17, 15) is 15.2 Å². The Morgan fingerprint density at radius 3 is 2.68 bits per heavy atom. The van der Waals surface area contributed by atoms with Crippen molar-refractivity contribution in [2.75, 3.05) is 0 Å². The fourth-order valence-corrected chi connectivity index (χ4v) is 1.78. The van der Waals surface area contributed by atoms with Crippen LogP contribution in [-0.4, -0.2) is 19.8 Å². The molecule has 1 aromatic heterocycles. The highest BCUT2D eigenvalue weighted by Gasteiger charge is 2.08. The summed E-state index contributed by atoms with van der Waals surface area (Å²) in [5, 5.41) is 24.4. The lowest BCUT2D eigenvalue weighted by Gasteiger charge is -2.03. The molecular formula is C13H15N3O3. The number of rotatable bonds is 5. The number of hydrogen-bond donors (Lipinski definition) is 1. The van der Waals surface area contributed by atoms with Crippen LogP contribution in [0, 0.1) is 10.1 Å². The van der Waals surface area contributed by atoms with Gasteiger partial charge in [-0.3, -0.25) is 14.8 Å². The Labute approximate surface area is 110 Å². The lowest BCUT2D eigenvalue weighted by Crippen LogP contribution is -2.00. The quantitative estimate of drug-likeness (QED) is 0.661. The van der Waals surface area contributed by atoms with Crippen molar-refractivity contribution in [3.05, 3.63) is 57.9 Å². The standard InChI is InChI=1S/C13H15N3O3/c1-2-13(17)11-7-14-15(9-11)8-10-3-5-12(6-4-10)16(18)19/h3-7,9,13,17H,2,8H2,1H3. The molecule has 1 aromatic carbocycles. The van der Waals surface area contributed by atoms with Crippen LogP contribution in [0.4, 0.5) is 5.69 Å². The first-order valence-electron chi connectivity index (χ1n) is 6.04. The number of benzene rings is 1. The number of hydrogen-bond acceptors (Lipinski definition) is 4. The number of aliphatic hydroxyl groups is 1. The first-order valence-corrected chi connectivity index (χ1v) is 6.04. The third-order valence-electron chi connectivity index (χ3n) is 2.92. The molecule has 0 bridgehead atoms. The predicted octanol–water partition coefficient (Wildman–Crippen LogP) is 2.28. The molecule has 0 saturated carbocycles. The minimum absolute atomic E-state index is 0.0753. The van der Waals surface area contributed by atoms with Crippen molar-refractivity contribution in [2.24, 2.45) is 0 Å². The van der Waals surface area contributed by atoms with Crippen molar-refractivity contribution in [1.82, 2.24) is 9.78 Å². The van der Waals surface area contributed by atoms with Crippen LogP contribution in [0.5, 0.6) is 0 Å². The molecule has 6 nitrogen and oxygen atoms in total. The average molecular weight is 261 g/mol. The van der Waals surface area contributed by atoms with E-state index in [-0.39, 0.29) is 5.69 Å². The minimum atomic E-state index is -0.495. The highest BCUT2D eigenvalue weighted by molar-refractivity contribution is 5.32. The summed E-state index contributed by atoms with van der Waals surface area (Å²) in [7, 11) is 0. The maximum atomic E-state index is 10.5. The van der Waals surface area contributed by atoms with Crippen LogP contribution in [0.15, 0.2) is 36.7 Å². The molecule has 0 aliphatic rings. The first kappa shape index (κ1) is 13.2. The number of aliphatic hydroxyl groups excluding tert-OH is 1. The summed E-state index contributed by atoms with van der Waals surface area (Å²) in [4.78, 5) is 10.1. The van der Waals surface area contributed by atoms with Crippen LogP contribution in [0.25, 0.3) is 0 Å². The molecule has 0 aliphatic heterocycles. The summed E-state index contributed by atoms with van der Waals surface area (Å²) in [6.07, 6.45) is 3.57. The number of nitro benzene ring substituents is 1. The average Bonchev–Trinajstić information content (AvgIpc) is 2.87. The molecule has 1 unspecified atom stereocenters. The summed E-state index contributed by atoms with van der Waals surface area (Å²) in [5.74, 6) is 0. The molecule has 0 spiro atoms. The van der Waals surface area contributed by atoms with Crippen molar-refractivity contribution in [2.45, 2.75) is 26.0 Å². The van der Waals surface area contributed by atoms with E-state index >= 15 is 0 Å². The molecule has 2 aromatic rings. The van der Waals surface area contributed by atoms with Gasteiger partial charge in [0.25, 0.3) is 5.69 Å². The van der Waals surface area contributed by atoms with Gasteiger partial charge in [-0.1, -0.05) is 19.1 Å². The Hall–Kier alpha value is -2.21. The lowest BCUT2D eigenvalue weighted by molar-refractivity contribution is -0.384. The van der Waals surface area contributed by atoms with E-state index in [2.05, 4.69) is 5.10 Å². The minimum Gasteiger partial charge on any atom is -0.388 e. The van der Waals surface area contributed by atoms with Crippen LogP contribution in [-0.2, 0) is 6.54 Å². The molecule has 2 rings (SSSR count). The summed E-state index contributed by atoms with van der Waals surface area (Å²) in [6.45, 7) is 2.42. The zero-order valence-corrected chi connectivity index (χ0v) is 10.6. The van der Waals surface area contributed by atoms with Crippen LogP contribution >= 0.6 is 0 Å². The molecule has 1 atom stereocenters. The second-order valence-corrected chi connectivity index (χ2v) is 4.32. The van der Waals surface area contributed by atoms with Gasteiger partial charge in [0.05, 0.1) is 23.8 Å². The molecule has 100 valence electrons. The summed E-state index contributed by atoms with van der Waals surface area (Å²) in [6, 6.07) is 6.35. The smallest absolute Gasteiger partial charge is 0.269 e. The molecule has 0 aliphatic carbocycles. The zero-order valence-electron chi connectivity index (χ0n) is 10.6. The Morgan fingerprint density at radius 2 is 2.11 bits per heavy atom. The van der Waals surface area contributed by atoms with Crippen LogP contribution in [0.2, 0.25) is 0 Å². The van der Waals surface area contributed by atoms with Gasteiger partial charge in [-0.15, -0.1) is 0 Å². The summed E-state index contributed by atoms with van der Waals surface area (Å²) in [5.41, 5.74) is 1.78. The van der Waals surface area contributed by atoms with Gasteiger partial charge in [-0.25, -0.2) is 0 Å². The van der Waals surface area contributed by atoms with E-state index in [0.29, 0.717) is 13.0 Å². The van der Waals surface area contributed by atoms with Crippen LogP contribution in [0.3, 0.4) is 0 Å². The van der Waals surface area contributed by atoms with Gasteiger partial charge in [0, 0.05) is 23.9 Å². The van der Waals surface area contributed by atoms with E-state index in [1.165, 1.54) is 12.1 Å². The second-order valence-electron chi connectivity index (χ2n) is 4.32. The Bertz CT molecular complexity index is 563. The molecule has 0 radical (unpaired) electrons. The number of non-ortho nitro benzene ring substituents is 1. The normalized spacial score (nSPS) is 12.3. The second kappa shape index (κ2) is 5.62. The van der Waals surface area contributed by atoms with Gasteiger partial charge in [-0.2, -0.15) is 5.10 Å². The van der Waals surface area contributed by atoms with Gasteiger partial charge in [0.15, 0.2) is 0 Å². The first-order chi connectivity index (χ1) is 9.10. The molecule has 0 fully saturated rings. The zero-order chi connectivity index (χ0) is 13.8. The van der Waals surface area contributed by atoms with Crippen LogP contribution < -0.4 is 0 Å². The van der Waals surface area contributed by atoms with Crippen molar-refractivity contribution in [3.8, 4) is 0 Å². The van der Waals surface area contributed by atoms with E-state index in [0.717, 1.165) is 11.1 Å². The van der Waals surface area contributed by atoms with Crippen molar-refractivity contribution in [3.63, 3.8) is 0 Å². The van der Waals surface area contributed by atoms with Gasteiger partial charge in [0.2, 0.25) is 0 Å². The molecule has 1 heterocycles. The molecule has 19 heavy (non-hydrogen) atoms. The maximum absolute atomic E-state index is 10.5. The third kappa shape index (κ3) is 3.17. The fraction of sp³-hybridized carbons (Fsp3) is 0.308. The largest absolute Gasteiger partial charge is 0.388 e. The Balaban J connectivity index is 2.08. The maximum Gasteiger partial charge on any atom is 0.269 e. The van der Waals surface area contributed by atoms with Crippen molar-refractivity contribution in [1.29, 1.82) is 0 Å². The fourth-order valence-electron chi connectivity index (χ4n) is 1.78. The van der Waals surface area contributed by atoms with Gasteiger partial charge >= 0.3 is 0 Å². The van der Waals surface area contributed by atoms with E-state index in [4.69, 9.17) is 0 Å². The van der Waals surface area contributed by atoms with Crippen LogP contribution in [0.1, 0.15) is 30.6 Å². The highest BCUT2D eigenvalue weighted by Crippen LogP contribution is 2.16. The highest BCUT2D eigenvalue weighted by atomic mass is 16.6. The van der Waals surface area contributed by atoms with Gasteiger partial charge in [0.1, 0.15) is 0 Å². The van der Waals surface area contributed by atoms with Gasteiger partial charge in [-0.05, 0) is 12.0 Å². The van der Waals surface area contributed by atoms with Crippen molar-refractivity contribution < 1.29 is 10.0 Å². The monoisotopic (exact) mass is 261 g/mol. The van der Waals surface area contributed by atoms with E-state index in [1.54, 1.807) is 29.2 Å². The lowest BCUT2D eigenvalue weighted by atomic mass is 10.1. The summed E-state index contributed by atoms with van der Waals surface area (Å²) >= 11 is 0. The topological polar surface area (TPSA) is 81.2 Å². The Morgan fingerprint density at radius 1 is 1.42 bits per heavy atom. The number of nitrogens with zero attached hydrogens (tertiary/aromatic N) is 3. The van der Waals surface area contributed by atoms with Crippen molar-refractivity contribution >= 4 is 5.69 Å². The Kier molecular flexibility index (Phi) is 3.91. The van der Waals surface area contributed by atoms with E-state index in [1.807, 2.05) is 6.92 Å². The summed E-state index contributed by atoms with van der Waals surface area (Å²) < 4.78 is 1.70. The molecule has 6 heteroatoms. The number of nitro groups is 1. The number of aromatic nitrogens is 2. The molecule has 0 amide bonds. The van der Waals surface area contributed by atoms with E-state index < -0.39 is 11.0 Å². The van der Waals surface area contributed by atoms with Gasteiger partial charge < -0.3 is 5.11 Å². The SMILES string of the molecule is CCC(O)c1cnn(Cc2ccc([N+](=O)[O-])cc2)c1.